The van der Waals surface area contributed by atoms with E-state index in [-0.39, 0.29) is 0 Å². The highest BCUT2D eigenvalue weighted by molar-refractivity contribution is 7.11. The summed E-state index contributed by atoms with van der Waals surface area (Å²) in [5, 5.41) is 2.29. The minimum Gasteiger partial charge on any atom is -0.289 e. The van der Waals surface area contributed by atoms with Crippen LogP contribution in [0.2, 0.25) is 0 Å². The lowest BCUT2D eigenvalue weighted by Gasteiger charge is -2.23. The zero-order valence-electron chi connectivity index (χ0n) is 10.5. The van der Waals surface area contributed by atoms with Gasteiger partial charge >= 0.3 is 0 Å². The summed E-state index contributed by atoms with van der Waals surface area (Å²) in [7, 11) is -2.37. The van der Waals surface area contributed by atoms with Gasteiger partial charge in [0, 0.05) is 0 Å². The highest BCUT2D eigenvalue weighted by Gasteiger charge is 2.32. The maximum atomic E-state index is 10.6. The van der Waals surface area contributed by atoms with Crippen molar-refractivity contribution in [3.63, 3.8) is 0 Å². The summed E-state index contributed by atoms with van der Waals surface area (Å²) in [6, 6.07) is 20.1. The molecule has 92 valence electrons. The summed E-state index contributed by atoms with van der Waals surface area (Å²) in [5.41, 5.74) is 5.09. The molecule has 19 heavy (non-hydrogen) atoms. The molecule has 2 aromatic rings. The molecule has 0 heterocycles. The second kappa shape index (κ2) is 5.99. The lowest BCUT2D eigenvalue weighted by atomic mass is 10.4. The summed E-state index contributed by atoms with van der Waals surface area (Å²) in [4.78, 5) is 10.6. The van der Waals surface area contributed by atoms with Crippen LogP contribution in [0.25, 0.3) is 0 Å². The van der Waals surface area contributed by atoms with Crippen molar-refractivity contribution in [3.05, 3.63) is 72.9 Å². The largest absolute Gasteiger partial charge is 0.289 e. The van der Waals surface area contributed by atoms with Crippen molar-refractivity contribution in [3.8, 4) is 11.5 Å². The van der Waals surface area contributed by atoms with Gasteiger partial charge in [-0.3, -0.25) is 4.79 Å². The maximum Gasteiger partial charge on any atom is 0.222 e. The van der Waals surface area contributed by atoms with Crippen molar-refractivity contribution in [2.24, 2.45) is 0 Å². The molecule has 0 amide bonds. The monoisotopic (exact) mass is 262 g/mol. The van der Waals surface area contributed by atoms with Crippen molar-refractivity contribution in [1.29, 1.82) is 0 Å². The molecule has 0 spiro atoms. The van der Waals surface area contributed by atoms with Crippen LogP contribution in [0.15, 0.2) is 72.9 Å². The molecule has 0 radical (unpaired) electrons. The third-order valence-corrected chi connectivity index (χ3v) is 6.73. The first-order valence-corrected chi connectivity index (χ1v) is 8.12. The van der Waals surface area contributed by atoms with E-state index in [1.807, 2.05) is 42.1 Å². The second-order valence-corrected chi connectivity index (χ2v) is 7.56. The Bertz CT molecular complexity index is 581. The fourth-order valence-corrected chi connectivity index (χ4v) is 5.06. The van der Waals surface area contributed by atoms with Crippen LogP contribution in [0.1, 0.15) is 0 Å². The van der Waals surface area contributed by atoms with Crippen LogP contribution >= 0.6 is 0 Å². The molecule has 0 atom stereocenters. The lowest BCUT2D eigenvalue weighted by molar-refractivity contribution is -0.103. The zero-order valence-corrected chi connectivity index (χ0v) is 11.5. The molecule has 2 aromatic carbocycles. The van der Waals surface area contributed by atoms with Gasteiger partial charge in [0.05, 0.1) is 0 Å². The summed E-state index contributed by atoms with van der Waals surface area (Å²) >= 11 is 0. The number of hydrogen-bond acceptors (Lipinski definition) is 1. The van der Waals surface area contributed by atoms with Crippen LogP contribution in [0, 0.1) is 11.5 Å². The molecule has 0 fully saturated rings. The molecule has 2 rings (SSSR count). The van der Waals surface area contributed by atoms with Crippen molar-refractivity contribution in [1.82, 2.24) is 0 Å². The quantitative estimate of drug-likeness (QED) is 0.467. The Hall–Kier alpha value is -2.37. The number of hydrogen-bond donors (Lipinski definition) is 0. The van der Waals surface area contributed by atoms with Crippen LogP contribution < -0.4 is 10.4 Å². The van der Waals surface area contributed by atoms with Crippen molar-refractivity contribution < 1.29 is 4.79 Å². The Balaban J connectivity index is 2.69. The number of aldehydes is 1. The van der Waals surface area contributed by atoms with Crippen LogP contribution in [-0.4, -0.2) is 14.4 Å². The summed E-state index contributed by atoms with van der Waals surface area (Å²) < 4.78 is 0. The van der Waals surface area contributed by atoms with E-state index in [1.165, 1.54) is 0 Å². The first-order valence-electron chi connectivity index (χ1n) is 6.04. The van der Waals surface area contributed by atoms with Gasteiger partial charge in [-0.2, -0.15) is 0 Å². The van der Waals surface area contributed by atoms with Gasteiger partial charge < -0.3 is 0 Å². The fraction of sp³-hybridized carbons (Fsp3) is 0. The SMILES string of the molecule is C=C[Si](C#CC=O)(c1ccccc1)c1ccccc1. The molecule has 0 aliphatic carbocycles. The van der Waals surface area contributed by atoms with E-state index in [0.717, 1.165) is 10.4 Å². The highest BCUT2D eigenvalue weighted by Crippen LogP contribution is 2.06. The number of rotatable bonds is 3. The molecule has 0 aliphatic rings. The number of carbonyl (C=O) groups excluding carboxylic acids is 1. The van der Waals surface area contributed by atoms with Crippen LogP contribution in [0.4, 0.5) is 0 Å². The van der Waals surface area contributed by atoms with Gasteiger partial charge in [-0.05, 0) is 16.3 Å². The van der Waals surface area contributed by atoms with Crippen molar-refractivity contribution in [2.45, 2.75) is 0 Å². The average molecular weight is 262 g/mol. The minimum absolute atomic E-state index is 0.650. The Morgan fingerprint density at radius 3 is 1.74 bits per heavy atom. The topological polar surface area (TPSA) is 17.1 Å². The summed E-state index contributed by atoms with van der Waals surface area (Å²) in [6.45, 7) is 3.98. The number of carbonyl (C=O) groups is 1. The van der Waals surface area contributed by atoms with Gasteiger partial charge in [-0.25, -0.2) is 0 Å². The van der Waals surface area contributed by atoms with Crippen LogP contribution in [-0.2, 0) is 4.79 Å². The van der Waals surface area contributed by atoms with E-state index in [9.17, 15) is 4.79 Å². The van der Waals surface area contributed by atoms with Crippen molar-refractivity contribution >= 4 is 24.7 Å². The second-order valence-electron chi connectivity index (χ2n) is 4.13. The molecule has 0 unspecified atom stereocenters. The Labute approximate surface area is 114 Å². The van der Waals surface area contributed by atoms with Crippen LogP contribution in [0.3, 0.4) is 0 Å². The van der Waals surface area contributed by atoms with E-state index in [4.69, 9.17) is 0 Å². The van der Waals surface area contributed by atoms with Gasteiger partial charge in [0.25, 0.3) is 0 Å². The molecular weight excluding hydrogens is 248 g/mol. The molecule has 0 saturated heterocycles. The predicted octanol–water partition coefficient (Wildman–Crippen LogP) is 1.72. The average Bonchev–Trinajstić information content (AvgIpc) is 2.51. The van der Waals surface area contributed by atoms with E-state index in [2.05, 4.69) is 42.3 Å². The fourth-order valence-electron chi connectivity index (χ4n) is 2.14. The summed E-state index contributed by atoms with van der Waals surface area (Å²) in [6.07, 6.45) is 0.650. The van der Waals surface area contributed by atoms with Crippen LogP contribution in [0.5, 0.6) is 0 Å². The summed E-state index contributed by atoms with van der Waals surface area (Å²) in [5.74, 6) is 2.60. The Morgan fingerprint density at radius 1 is 0.895 bits per heavy atom. The third kappa shape index (κ3) is 2.57. The standard InChI is InChI=1S/C17H14OSi/c1-2-19(15-9-14-18,16-10-5-3-6-11-16)17-12-7-4-8-13-17/h2-8,10-14H,1H2. The Morgan fingerprint density at radius 2 is 1.37 bits per heavy atom. The Kier molecular flexibility index (Phi) is 4.12. The minimum atomic E-state index is -2.37. The normalized spacial score (nSPS) is 10.1. The maximum absolute atomic E-state index is 10.6. The molecule has 0 saturated carbocycles. The highest BCUT2D eigenvalue weighted by atomic mass is 28.3. The van der Waals surface area contributed by atoms with Gasteiger partial charge in [0.1, 0.15) is 0 Å². The first-order chi connectivity index (χ1) is 9.33. The third-order valence-electron chi connectivity index (χ3n) is 3.09. The molecule has 0 N–H and O–H groups in total. The predicted molar refractivity (Wildman–Crippen MR) is 81.9 cm³/mol. The molecular formula is C17H14OSi. The van der Waals surface area contributed by atoms with Crippen molar-refractivity contribution in [2.75, 3.05) is 0 Å². The molecule has 0 bridgehead atoms. The van der Waals surface area contributed by atoms with E-state index < -0.39 is 8.07 Å². The molecule has 0 aromatic heterocycles. The van der Waals surface area contributed by atoms with E-state index in [0.29, 0.717) is 6.29 Å². The van der Waals surface area contributed by atoms with Gasteiger partial charge in [0.15, 0.2) is 6.29 Å². The van der Waals surface area contributed by atoms with Gasteiger partial charge in [0.2, 0.25) is 8.07 Å². The van der Waals surface area contributed by atoms with E-state index in [1.54, 1.807) is 0 Å². The zero-order chi connectivity index (χ0) is 13.6. The smallest absolute Gasteiger partial charge is 0.222 e. The van der Waals surface area contributed by atoms with E-state index >= 15 is 0 Å². The van der Waals surface area contributed by atoms with Gasteiger partial charge in [-0.1, -0.05) is 66.4 Å². The molecule has 0 aliphatic heterocycles. The van der Waals surface area contributed by atoms with Gasteiger partial charge in [-0.15, -0.1) is 12.1 Å². The number of benzene rings is 2. The molecule has 2 heteroatoms. The lowest BCUT2D eigenvalue weighted by Crippen LogP contribution is -2.56. The molecule has 1 nitrogen and oxygen atoms in total. The first kappa shape index (κ1) is 13.1.